The normalized spacial score (nSPS) is 15.5. The molecule has 0 atom stereocenters. The molecule has 1 aliphatic heterocycles. The first kappa shape index (κ1) is 10.9. The van der Waals surface area contributed by atoms with Crippen molar-refractivity contribution in [1.29, 1.82) is 0 Å². The third-order valence-corrected chi connectivity index (χ3v) is 2.49. The average molecular weight is 224 g/mol. The first-order valence-corrected chi connectivity index (χ1v) is 5.10. The molecule has 1 heterocycles. The number of benzene rings is 1. The zero-order valence-corrected chi connectivity index (χ0v) is 9.00. The second-order valence-electron chi connectivity index (χ2n) is 3.79. The van der Waals surface area contributed by atoms with Crippen LogP contribution in [0.2, 0.25) is 0 Å². The number of hydrogen-bond acceptors (Lipinski definition) is 3. The molecular weight excluding hydrogens is 211 g/mol. The highest BCUT2D eigenvalue weighted by molar-refractivity contribution is 5.95. The quantitative estimate of drug-likeness (QED) is 0.735. The number of amides is 1. The van der Waals surface area contributed by atoms with Crippen LogP contribution in [0.1, 0.15) is 22.3 Å². The van der Waals surface area contributed by atoms with Crippen LogP contribution in [0, 0.1) is 12.7 Å². The first-order chi connectivity index (χ1) is 7.59. The maximum atomic E-state index is 13.7. The number of nitrogens with zero attached hydrogens (tertiary/aromatic N) is 1. The van der Waals surface area contributed by atoms with Crippen molar-refractivity contribution < 1.29 is 14.0 Å². The largest absolute Gasteiger partial charge is 0.399 e. The molecule has 86 valence electrons. The zero-order chi connectivity index (χ0) is 11.7. The Hall–Kier alpha value is -1.62. The monoisotopic (exact) mass is 224 g/mol. The number of nitrogens with two attached hydrogens (primary N) is 1. The van der Waals surface area contributed by atoms with E-state index in [1.165, 1.54) is 17.2 Å². The van der Waals surface area contributed by atoms with Gasteiger partial charge in [-0.2, -0.15) is 0 Å². The van der Waals surface area contributed by atoms with E-state index in [1.54, 1.807) is 6.92 Å². The molecule has 0 unspecified atom stereocenters. The lowest BCUT2D eigenvalue weighted by molar-refractivity contribution is -0.0770. The van der Waals surface area contributed by atoms with Gasteiger partial charge in [0, 0.05) is 5.69 Å². The number of carbonyl (C=O) groups is 1. The van der Waals surface area contributed by atoms with Crippen LogP contribution in [0.5, 0.6) is 0 Å². The summed E-state index contributed by atoms with van der Waals surface area (Å²) in [5, 5.41) is 1.18. The lowest BCUT2D eigenvalue weighted by atomic mass is 10.1. The number of anilines is 1. The summed E-state index contributed by atoms with van der Waals surface area (Å²) in [5.74, 6) is -1.000. The van der Waals surface area contributed by atoms with Gasteiger partial charge in [0.2, 0.25) is 0 Å². The van der Waals surface area contributed by atoms with E-state index in [1.807, 2.05) is 0 Å². The number of aryl methyl sites for hydroxylation is 1. The van der Waals surface area contributed by atoms with Crippen molar-refractivity contribution in [2.45, 2.75) is 13.3 Å². The summed E-state index contributed by atoms with van der Waals surface area (Å²) in [6.07, 6.45) is 0.772. The number of rotatable bonds is 1. The standard InChI is InChI=1S/C11H13FN2O2/c1-7-5-8(13)6-9(10(7)12)11(15)14-3-2-4-16-14/h5-6H,2-4,13H2,1H3. The molecule has 1 aromatic carbocycles. The molecule has 1 aromatic rings. The van der Waals surface area contributed by atoms with E-state index in [4.69, 9.17) is 10.6 Å². The Morgan fingerprint density at radius 1 is 1.56 bits per heavy atom. The van der Waals surface area contributed by atoms with Gasteiger partial charge in [0.25, 0.3) is 5.91 Å². The molecule has 5 heteroatoms. The van der Waals surface area contributed by atoms with Gasteiger partial charge in [-0.15, -0.1) is 0 Å². The maximum Gasteiger partial charge on any atom is 0.280 e. The first-order valence-electron chi connectivity index (χ1n) is 5.10. The van der Waals surface area contributed by atoms with Crippen LogP contribution in [0.4, 0.5) is 10.1 Å². The summed E-state index contributed by atoms with van der Waals surface area (Å²) in [6, 6.07) is 2.84. The molecule has 0 saturated carbocycles. The van der Waals surface area contributed by atoms with Crippen molar-refractivity contribution in [1.82, 2.24) is 5.06 Å². The molecule has 0 spiro atoms. The minimum Gasteiger partial charge on any atom is -0.399 e. The lowest BCUT2D eigenvalue weighted by Gasteiger charge is -2.15. The molecule has 1 saturated heterocycles. The molecule has 16 heavy (non-hydrogen) atoms. The van der Waals surface area contributed by atoms with Gasteiger partial charge in [0.1, 0.15) is 5.82 Å². The van der Waals surface area contributed by atoms with Gasteiger partial charge in [0.15, 0.2) is 0 Å². The van der Waals surface area contributed by atoms with Gasteiger partial charge in [0.05, 0.1) is 18.7 Å². The smallest absolute Gasteiger partial charge is 0.280 e. The fourth-order valence-corrected chi connectivity index (χ4v) is 1.70. The average Bonchev–Trinajstić information content (AvgIpc) is 2.75. The van der Waals surface area contributed by atoms with Crippen LogP contribution in [0.15, 0.2) is 12.1 Å². The molecule has 4 nitrogen and oxygen atoms in total. The fraction of sp³-hybridized carbons (Fsp3) is 0.364. The van der Waals surface area contributed by atoms with Crippen molar-refractivity contribution in [2.75, 3.05) is 18.9 Å². The van der Waals surface area contributed by atoms with Crippen molar-refractivity contribution in [3.8, 4) is 0 Å². The number of hydrogen-bond donors (Lipinski definition) is 1. The van der Waals surface area contributed by atoms with Crippen LogP contribution in [-0.4, -0.2) is 24.1 Å². The molecule has 1 aliphatic rings. The van der Waals surface area contributed by atoms with Gasteiger partial charge >= 0.3 is 0 Å². The Morgan fingerprint density at radius 3 is 2.94 bits per heavy atom. The van der Waals surface area contributed by atoms with Crippen LogP contribution in [0.3, 0.4) is 0 Å². The van der Waals surface area contributed by atoms with Gasteiger partial charge in [-0.1, -0.05) is 0 Å². The SMILES string of the molecule is Cc1cc(N)cc(C(=O)N2CCCO2)c1F. The third-order valence-electron chi connectivity index (χ3n) is 2.49. The third kappa shape index (κ3) is 1.86. The highest BCUT2D eigenvalue weighted by Crippen LogP contribution is 2.20. The number of nitrogen functional groups attached to an aromatic ring is 1. The Bertz CT molecular complexity index is 428. The highest BCUT2D eigenvalue weighted by Gasteiger charge is 2.24. The maximum absolute atomic E-state index is 13.7. The fourth-order valence-electron chi connectivity index (χ4n) is 1.70. The predicted octanol–water partition coefficient (Wildman–Crippen LogP) is 1.49. The topological polar surface area (TPSA) is 55.6 Å². The molecule has 0 radical (unpaired) electrons. The van der Waals surface area contributed by atoms with Gasteiger partial charge < -0.3 is 5.73 Å². The van der Waals surface area contributed by atoms with E-state index >= 15 is 0 Å². The van der Waals surface area contributed by atoms with E-state index in [-0.39, 0.29) is 5.56 Å². The molecular formula is C11H13FN2O2. The Labute approximate surface area is 92.7 Å². The Morgan fingerprint density at radius 2 is 2.31 bits per heavy atom. The second kappa shape index (κ2) is 4.09. The molecule has 0 aromatic heterocycles. The van der Waals surface area contributed by atoms with Crippen LogP contribution < -0.4 is 5.73 Å². The summed E-state index contributed by atoms with van der Waals surface area (Å²) in [5.41, 5.74) is 6.30. The van der Waals surface area contributed by atoms with Crippen molar-refractivity contribution >= 4 is 11.6 Å². The minimum atomic E-state index is -0.533. The number of halogens is 1. The van der Waals surface area contributed by atoms with E-state index in [9.17, 15) is 9.18 Å². The van der Waals surface area contributed by atoms with Crippen LogP contribution in [-0.2, 0) is 4.84 Å². The van der Waals surface area contributed by atoms with Gasteiger partial charge in [-0.25, -0.2) is 9.45 Å². The van der Waals surface area contributed by atoms with Gasteiger partial charge in [-0.3, -0.25) is 9.63 Å². The molecule has 1 fully saturated rings. The van der Waals surface area contributed by atoms with E-state index in [0.717, 1.165) is 6.42 Å². The summed E-state index contributed by atoms with van der Waals surface area (Å²) in [7, 11) is 0. The Balaban J connectivity index is 2.35. The minimum absolute atomic E-state index is 0.0283. The highest BCUT2D eigenvalue weighted by atomic mass is 19.1. The van der Waals surface area contributed by atoms with E-state index in [2.05, 4.69) is 0 Å². The summed E-state index contributed by atoms with van der Waals surface area (Å²) in [4.78, 5) is 17.0. The van der Waals surface area contributed by atoms with Crippen LogP contribution in [0.25, 0.3) is 0 Å². The molecule has 2 N–H and O–H groups in total. The predicted molar refractivity (Wildman–Crippen MR) is 57.2 cm³/mol. The Kier molecular flexibility index (Phi) is 2.78. The van der Waals surface area contributed by atoms with Crippen molar-refractivity contribution in [3.63, 3.8) is 0 Å². The molecule has 2 rings (SSSR count). The molecule has 0 bridgehead atoms. The van der Waals surface area contributed by atoms with E-state index in [0.29, 0.717) is 24.4 Å². The van der Waals surface area contributed by atoms with Gasteiger partial charge in [-0.05, 0) is 31.0 Å². The lowest BCUT2D eigenvalue weighted by Crippen LogP contribution is -2.27. The number of hydroxylamine groups is 2. The van der Waals surface area contributed by atoms with Crippen LogP contribution >= 0.6 is 0 Å². The zero-order valence-electron chi connectivity index (χ0n) is 9.00. The summed E-state index contributed by atoms with van der Waals surface area (Å²) in [6.45, 7) is 2.56. The summed E-state index contributed by atoms with van der Waals surface area (Å²) < 4.78 is 13.7. The summed E-state index contributed by atoms with van der Waals surface area (Å²) >= 11 is 0. The van der Waals surface area contributed by atoms with E-state index < -0.39 is 11.7 Å². The second-order valence-corrected chi connectivity index (χ2v) is 3.79. The van der Waals surface area contributed by atoms with Crippen molar-refractivity contribution in [3.05, 3.63) is 29.1 Å². The molecule has 0 aliphatic carbocycles. The molecule has 1 amide bonds. The van der Waals surface area contributed by atoms with Crippen molar-refractivity contribution in [2.24, 2.45) is 0 Å². The number of carbonyl (C=O) groups excluding carboxylic acids is 1.